The van der Waals surface area contributed by atoms with Gasteiger partial charge in [0.15, 0.2) is 0 Å². The van der Waals surface area contributed by atoms with E-state index in [1.165, 1.54) is 5.56 Å². The molecule has 6 heteroatoms. The number of amides is 1. The number of rotatable bonds is 6. The molecule has 0 aliphatic carbocycles. The lowest BCUT2D eigenvalue weighted by Crippen LogP contribution is -2.41. The fourth-order valence-corrected chi connectivity index (χ4v) is 4.18. The summed E-state index contributed by atoms with van der Waals surface area (Å²) in [5.74, 6) is 1.84. The normalized spacial score (nSPS) is 15.3. The first kappa shape index (κ1) is 21.8. The minimum Gasteiger partial charge on any atom is -0.497 e. The summed E-state index contributed by atoms with van der Waals surface area (Å²) in [6.07, 6.45) is 3.24. The molecule has 1 atom stereocenters. The van der Waals surface area contributed by atoms with Gasteiger partial charge >= 0.3 is 0 Å². The summed E-state index contributed by atoms with van der Waals surface area (Å²) in [6, 6.07) is 18.1. The summed E-state index contributed by atoms with van der Waals surface area (Å²) in [7, 11) is 1.65. The Balaban J connectivity index is 1.36. The molecule has 1 aliphatic heterocycles. The maximum absolute atomic E-state index is 12.9. The van der Waals surface area contributed by atoms with E-state index in [-0.39, 0.29) is 17.9 Å². The first-order valence-electron chi connectivity index (χ1n) is 11.1. The zero-order valence-corrected chi connectivity index (χ0v) is 18.9. The van der Waals surface area contributed by atoms with E-state index in [0.717, 1.165) is 54.3 Å². The topological polar surface area (TPSA) is 67.3 Å². The zero-order valence-electron chi connectivity index (χ0n) is 18.9. The summed E-state index contributed by atoms with van der Waals surface area (Å²) in [5, 5.41) is 3.17. The van der Waals surface area contributed by atoms with E-state index in [1.54, 1.807) is 13.4 Å². The van der Waals surface area contributed by atoms with E-state index in [9.17, 15) is 4.79 Å². The van der Waals surface area contributed by atoms with Crippen LogP contribution >= 0.6 is 0 Å². The summed E-state index contributed by atoms with van der Waals surface area (Å²) in [4.78, 5) is 24.0. The molecule has 1 unspecified atom stereocenters. The van der Waals surface area contributed by atoms with Crippen LogP contribution in [0.4, 0.5) is 5.82 Å². The molecule has 1 aliphatic rings. The van der Waals surface area contributed by atoms with Gasteiger partial charge in [-0.15, -0.1) is 0 Å². The van der Waals surface area contributed by atoms with Gasteiger partial charge in [0.1, 0.15) is 17.9 Å². The highest BCUT2D eigenvalue weighted by Crippen LogP contribution is 2.26. The number of ether oxygens (including phenoxy) is 1. The predicted molar refractivity (Wildman–Crippen MR) is 127 cm³/mol. The molecule has 32 heavy (non-hydrogen) atoms. The van der Waals surface area contributed by atoms with Gasteiger partial charge in [-0.1, -0.05) is 35.9 Å². The highest BCUT2D eigenvalue weighted by molar-refractivity contribution is 5.79. The van der Waals surface area contributed by atoms with Crippen LogP contribution in [0.5, 0.6) is 5.75 Å². The fraction of sp³-hybridized carbons (Fsp3) is 0.346. The number of hydrogen-bond acceptors (Lipinski definition) is 5. The molecule has 3 aromatic rings. The minimum atomic E-state index is -0.0608. The van der Waals surface area contributed by atoms with Crippen molar-refractivity contribution in [3.63, 3.8) is 0 Å². The van der Waals surface area contributed by atoms with E-state index in [0.29, 0.717) is 0 Å². The van der Waals surface area contributed by atoms with Crippen molar-refractivity contribution in [1.82, 2.24) is 15.3 Å². The highest BCUT2D eigenvalue weighted by atomic mass is 16.5. The lowest BCUT2D eigenvalue weighted by Gasteiger charge is -2.32. The van der Waals surface area contributed by atoms with E-state index in [2.05, 4.69) is 45.3 Å². The van der Waals surface area contributed by atoms with E-state index in [4.69, 9.17) is 4.74 Å². The number of carbonyl (C=O) groups is 1. The fourth-order valence-electron chi connectivity index (χ4n) is 4.18. The Kier molecular flexibility index (Phi) is 6.69. The Morgan fingerprint density at radius 3 is 2.62 bits per heavy atom. The van der Waals surface area contributed by atoms with Crippen molar-refractivity contribution in [3.8, 4) is 17.0 Å². The standard InChI is InChI=1S/C26H30N4O2/c1-18-6-4-8-22(14-18)24-16-25(28-17-27-24)30-12-10-20(11-13-30)26(31)29-19(2)21-7-5-9-23(15-21)32-3/h4-9,14-17,19-20H,10-13H2,1-3H3,(H,29,31). The Morgan fingerprint density at radius 1 is 1.09 bits per heavy atom. The van der Waals surface area contributed by atoms with E-state index < -0.39 is 0 Å². The minimum absolute atomic E-state index is 0.0115. The quantitative estimate of drug-likeness (QED) is 0.621. The molecule has 4 rings (SSSR count). The first-order valence-corrected chi connectivity index (χ1v) is 11.1. The molecule has 166 valence electrons. The van der Waals surface area contributed by atoms with Crippen molar-refractivity contribution in [2.75, 3.05) is 25.1 Å². The molecular formula is C26H30N4O2. The summed E-state index contributed by atoms with van der Waals surface area (Å²) >= 11 is 0. The van der Waals surface area contributed by atoms with Crippen LogP contribution in [0.2, 0.25) is 0 Å². The van der Waals surface area contributed by atoms with Crippen LogP contribution in [0, 0.1) is 12.8 Å². The van der Waals surface area contributed by atoms with Gasteiger partial charge in [-0.2, -0.15) is 0 Å². The molecule has 1 fully saturated rings. The summed E-state index contributed by atoms with van der Waals surface area (Å²) in [5.41, 5.74) is 4.26. The molecule has 0 spiro atoms. The molecule has 1 aromatic heterocycles. The molecule has 2 aromatic carbocycles. The molecule has 0 bridgehead atoms. The van der Waals surface area contributed by atoms with E-state index in [1.807, 2.05) is 43.3 Å². The Bertz CT molecular complexity index is 1080. The van der Waals surface area contributed by atoms with Gasteiger partial charge in [0.25, 0.3) is 0 Å². The van der Waals surface area contributed by atoms with Crippen LogP contribution < -0.4 is 15.0 Å². The second-order valence-corrected chi connectivity index (χ2v) is 8.40. The monoisotopic (exact) mass is 430 g/mol. The zero-order chi connectivity index (χ0) is 22.5. The van der Waals surface area contributed by atoms with Crippen LogP contribution in [-0.4, -0.2) is 36.1 Å². The smallest absolute Gasteiger partial charge is 0.223 e. The molecular weight excluding hydrogens is 400 g/mol. The third-order valence-corrected chi connectivity index (χ3v) is 6.11. The molecule has 6 nitrogen and oxygen atoms in total. The van der Waals surface area contributed by atoms with Crippen LogP contribution in [0.3, 0.4) is 0 Å². The van der Waals surface area contributed by atoms with Gasteiger partial charge in [0.05, 0.1) is 18.8 Å². The number of piperidine rings is 1. The number of benzene rings is 2. The van der Waals surface area contributed by atoms with Crippen LogP contribution in [-0.2, 0) is 4.79 Å². The Hall–Kier alpha value is -3.41. The number of anilines is 1. The third-order valence-electron chi connectivity index (χ3n) is 6.11. The third kappa shape index (κ3) is 5.07. The van der Waals surface area contributed by atoms with Gasteiger partial charge in [-0.3, -0.25) is 4.79 Å². The summed E-state index contributed by atoms with van der Waals surface area (Å²) in [6.45, 7) is 5.69. The van der Waals surface area contributed by atoms with Gasteiger partial charge in [0.2, 0.25) is 5.91 Å². The largest absolute Gasteiger partial charge is 0.497 e. The number of aryl methyl sites for hydroxylation is 1. The number of carbonyl (C=O) groups excluding carboxylic acids is 1. The van der Waals surface area contributed by atoms with Crippen molar-refractivity contribution < 1.29 is 9.53 Å². The van der Waals surface area contributed by atoms with Crippen molar-refractivity contribution in [2.45, 2.75) is 32.7 Å². The Morgan fingerprint density at radius 2 is 1.88 bits per heavy atom. The number of methoxy groups -OCH3 is 1. The van der Waals surface area contributed by atoms with Crippen LogP contribution in [0.15, 0.2) is 60.9 Å². The Labute approximate surface area is 189 Å². The van der Waals surface area contributed by atoms with Crippen molar-refractivity contribution in [3.05, 3.63) is 72.1 Å². The van der Waals surface area contributed by atoms with Gasteiger partial charge in [-0.25, -0.2) is 9.97 Å². The predicted octanol–water partition coefficient (Wildman–Crippen LogP) is 4.55. The second-order valence-electron chi connectivity index (χ2n) is 8.40. The second kappa shape index (κ2) is 9.81. The SMILES string of the molecule is COc1cccc(C(C)NC(=O)C2CCN(c3cc(-c4cccc(C)c4)ncn3)CC2)c1. The van der Waals surface area contributed by atoms with E-state index >= 15 is 0 Å². The molecule has 1 saturated heterocycles. The average molecular weight is 431 g/mol. The number of hydrogen-bond donors (Lipinski definition) is 1. The molecule has 2 heterocycles. The van der Waals surface area contributed by atoms with Crippen LogP contribution in [0.25, 0.3) is 11.3 Å². The highest BCUT2D eigenvalue weighted by Gasteiger charge is 2.27. The lowest BCUT2D eigenvalue weighted by atomic mass is 9.95. The molecule has 1 amide bonds. The van der Waals surface area contributed by atoms with Crippen molar-refractivity contribution in [1.29, 1.82) is 0 Å². The molecule has 0 saturated carbocycles. The molecule has 1 N–H and O–H groups in total. The van der Waals surface area contributed by atoms with Gasteiger partial charge < -0.3 is 15.0 Å². The maximum atomic E-state index is 12.9. The van der Waals surface area contributed by atoms with Gasteiger partial charge in [-0.05, 0) is 50.5 Å². The van der Waals surface area contributed by atoms with Crippen molar-refractivity contribution in [2.24, 2.45) is 5.92 Å². The number of nitrogens with zero attached hydrogens (tertiary/aromatic N) is 3. The average Bonchev–Trinajstić information content (AvgIpc) is 2.84. The number of aromatic nitrogens is 2. The first-order chi connectivity index (χ1) is 15.5. The lowest BCUT2D eigenvalue weighted by molar-refractivity contribution is -0.126. The maximum Gasteiger partial charge on any atom is 0.223 e. The number of nitrogens with one attached hydrogen (secondary N) is 1. The van der Waals surface area contributed by atoms with Gasteiger partial charge in [0, 0.05) is 30.6 Å². The molecule has 0 radical (unpaired) electrons. The van der Waals surface area contributed by atoms with Crippen molar-refractivity contribution >= 4 is 11.7 Å². The van der Waals surface area contributed by atoms with Crippen LogP contribution in [0.1, 0.15) is 36.9 Å². The summed E-state index contributed by atoms with van der Waals surface area (Å²) < 4.78 is 5.29.